The molecule has 0 spiro atoms. The lowest BCUT2D eigenvalue weighted by Gasteiger charge is -2.11. The number of rotatable bonds is 1. The minimum Gasteiger partial charge on any atom is -0.378 e. The molecule has 1 aromatic carbocycles. The molecule has 1 aromatic rings. The monoisotopic (exact) mass is 181 g/mol. The van der Waals surface area contributed by atoms with Gasteiger partial charge in [-0.3, -0.25) is 0 Å². The third-order valence-corrected chi connectivity index (χ3v) is 1.60. The maximum Gasteiger partial charge on any atom is 0.316 e. The molecule has 11 heavy (non-hydrogen) atoms. The van der Waals surface area contributed by atoms with Crippen molar-refractivity contribution in [1.82, 2.24) is 0 Å². The zero-order chi connectivity index (χ0) is 7.56. The van der Waals surface area contributed by atoms with Crippen LogP contribution in [0, 0.1) is 0 Å². The lowest BCUT2D eigenvalue weighted by Crippen LogP contribution is -2.07. The Bertz CT molecular complexity index is 208. The second kappa shape index (κ2) is 4.85. The van der Waals surface area contributed by atoms with Gasteiger partial charge in [-0.25, -0.2) is 0 Å². The number of halogens is 1. The van der Waals surface area contributed by atoms with Crippen molar-refractivity contribution in [2.45, 2.75) is 0 Å². The molecule has 0 atom stereocenters. The smallest absolute Gasteiger partial charge is 0.316 e. The molecule has 0 unspecified atom stereocenters. The first-order valence-corrected chi connectivity index (χ1v) is 3.51. The van der Waals surface area contributed by atoms with Crippen molar-refractivity contribution in [3.8, 4) is 0 Å². The van der Waals surface area contributed by atoms with E-state index < -0.39 is 0 Å². The van der Waals surface area contributed by atoms with Gasteiger partial charge >= 0.3 is 23.1 Å². The van der Waals surface area contributed by atoms with E-state index in [0.717, 1.165) is 5.02 Å². The Hall–Kier alpha value is 0.0762. The molecule has 0 aliphatic carbocycles. The molecule has 1 rings (SSSR count). The number of nitrogens with zero attached hydrogens (tertiary/aromatic N) is 1. The SMILES string of the molecule is CN(C)c1ccc(Cl)cc1.[MgH2]. The molecule has 0 bridgehead atoms. The molecular weight excluding hydrogens is 170 g/mol. The van der Waals surface area contributed by atoms with E-state index in [4.69, 9.17) is 11.6 Å². The fraction of sp³-hybridized carbons (Fsp3) is 0.250. The average Bonchev–Trinajstić information content (AvgIpc) is 1.88. The third-order valence-electron chi connectivity index (χ3n) is 1.34. The molecule has 1 nitrogen and oxygen atoms in total. The van der Waals surface area contributed by atoms with Crippen molar-refractivity contribution >= 4 is 40.3 Å². The molecule has 0 saturated carbocycles. The third kappa shape index (κ3) is 3.32. The van der Waals surface area contributed by atoms with Gasteiger partial charge in [0.1, 0.15) is 0 Å². The summed E-state index contributed by atoms with van der Waals surface area (Å²) in [5.41, 5.74) is 1.17. The first-order valence-electron chi connectivity index (χ1n) is 3.13. The summed E-state index contributed by atoms with van der Waals surface area (Å²) >= 11 is 5.70. The summed E-state index contributed by atoms with van der Waals surface area (Å²) in [4.78, 5) is 2.04. The van der Waals surface area contributed by atoms with Crippen LogP contribution < -0.4 is 4.90 Å². The van der Waals surface area contributed by atoms with Crippen molar-refractivity contribution in [2.24, 2.45) is 0 Å². The summed E-state index contributed by atoms with van der Waals surface area (Å²) in [7, 11) is 4.01. The molecule has 0 aliphatic heterocycles. The topological polar surface area (TPSA) is 3.24 Å². The maximum atomic E-state index is 5.70. The highest BCUT2D eigenvalue weighted by molar-refractivity contribution is 6.30. The predicted molar refractivity (Wildman–Crippen MR) is 54.3 cm³/mol. The van der Waals surface area contributed by atoms with E-state index in [-0.39, 0.29) is 23.1 Å². The van der Waals surface area contributed by atoms with Gasteiger partial charge in [0.05, 0.1) is 0 Å². The minimum atomic E-state index is 0. The lowest BCUT2D eigenvalue weighted by molar-refractivity contribution is 1.13. The summed E-state index contributed by atoms with van der Waals surface area (Å²) in [6.45, 7) is 0. The molecule has 0 heterocycles. The van der Waals surface area contributed by atoms with E-state index >= 15 is 0 Å². The molecule has 3 heteroatoms. The van der Waals surface area contributed by atoms with Gasteiger partial charge in [0.25, 0.3) is 0 Å². The highest BCUT2D eigenvalue weighted by Gasteiger charge is 1.91. The van der Waals surface area contributed by atoms with E-state index in [1.54, 1.807) is 0 Å². The van der Waals surface area contributed by atoms with Gasteiger partial charge in [-0.05, 0) is 24.3 Å². The summed E-state index contributed by atoms with van der Waals surface area (Å²) < 4.78 is 0. The largest absolute Gasteiger partial charge is 0.378 e. The normalized spacial score (nSPS) is 8.64. The summed E-state index contributed by atoms with van der Waals surface area (Å²) in [5.74, 6) is 0. The van der Waals surface area contributed by atoms with Crippen LogP contribution in [0.2, 0.25) is 5.02 Å². The zero-order valence-corrected chi connectivity index (χ0v) is 6.89. The molecule has 0 N–H and O–H groups in total. The van der Waals surface area contributed by atoms with Gasteiger partial charge in [0.2, 0.25) is 0 Å². The molecule has 0 radical (unpaired) electrons. The van der Waals surface area contributed by atoms with Crippen molar-refractivity contribution in [3.05, 3.63) is 29.3 Å². The molecule has 0 aliphatic rings. The Morgan fingerprint density at radius 2 is 1.55 bits per heavy atom. The van der Waals surface area contributed by atoms with Gasteiger partial charge in [0, 0.05) is 24.8 Å². The molecule has 0 aromatic heterocycles. The molecule has 0 amide bonds. The van der Waals surface area contributed by atoms with Crippen LogP contribution in [-0.4, -0.2) is 37.1 Å². The van der Waals surface area contributed by atoms with Crippen molar-refractivity contribution < 1.29 is 0 Å². The van der Waals surface area contributed by atoms with Gasteiger partial charge in [0.15, 0.2) is 0 Å². The second-order valence-electron chi connectivity index (χ2n) is 2.37. The van der Waals surface area contributed by atoms with Crippen molar-refractivity contribution in [2.75, 3.05) is 19.0 Å². The number of anilines is 1. The van der Waals surface area contributed by atoms with Crippen LogP contribution in [0.1, 0.15) is 0 Å². The summed E-state index contributed by atoms with van der Waals surface area (Å²) in [6.07, 6.45) is 0. The molecular formula is C8H12ClMgN. The lowest BCUT2D eigenvalue weighted by atomic mass is 10.3. The van der Waals surface area contributed by atoms with Crippen LogP contribution in [0.3, 0.4) is 0 Å². The molecule has 58 valence electrons. The first-order chi connectivity index (χ1) is 4.70. The quantitative estimate of drug-likeness (QED) is 0.594. The van der Waals surface area contributed by atoms with Crippen LogP contribution in [-0.2, 0) is 0 Å². The Kier molecular flexibility index (Phi) is 4.89. The maximum absolute atomic E-state index is 5.70. The Labute approximate surface area is 88.5 Å². The predicted octanol–water partition coefficient (Wildman–Crippen LogP) is 1.49. The second-order valence-corrected chi connectivity index (χ2v) is 2.81. The first kappa shape index (κ1) is 11.1. The van der Waals surface area contributed by atoms with E-state index in [0.29, 0.717) is 0 Å². The Balaban J connectivity index is 0.000001000. The van der Waals surface area contributed by atoms with Crippen LogP contribution >= 0.6 is 11.6 Å². The van der Waals surface area contributed by atoms with Gasteiger partial charge in [-0.1, -0.05) is 11.6 Å². The Morgan fingerprint density at radius 3 is 1.91 bits per heavy atom. The number of hydrogen-bond acceptors (Lipinski definition) is 1. The van der Waals surface area contributed by atoms with Crippen LogP contribution in [0.15, 0.2) is 24.3 Å². The van der Waals surface area contributed by atoms with E-state index in [1.165, 1.54) is 5.69 Å². The fourth-order valence-electron chi connectivity index (χ4n) is 0.739. The standard InChI is InChI=1S/C8H10ClN.Mg.2H/c1-10(2)8-5-3-7(9)4-6-8;;;/h3-6H,1-2H3;;;. The van der Waals surface area contributed by atoms with Gasteiger partial charge in [-0.2, -0.15) is 0 Å². The van der Waals surface area contributed by atoms with E-state index in [9.17, 15) is 0 Å². The Morgan fingerprint density at radius 1 is 1.09 bits per heavy atom. The zero-order valence-electron chi connectivity index (χ0n) is 6.13. The highest BCUT2D eigenvalue weighted by atomic mass is 35.5. The average molecular weight is 182 g/mol. The van der Waals surface area contributed by atoms with Crippen molar-refractivity contribution in [3.63, 3.8) is 0 Å². The van der Waals surface area contributed by atoms with Crippen LogP contribution in [0.4, 0.5) is 5.69 Å². The van der Waals surface area contributed by atoms with E-state index in [1.807, 2.05) is 43.3 Å². The van der Waals surface area contributed by atoms with Crippen molar-refractivity contribution in [1.29, 1.82) is 0 Å². The minimum absolute atomic E-state index is 0. The molecule has 0 fully saturated rings. The highest BCUT2D eigenvalue weighted by Crippen LogP contribution is 2.14. The van der Waals surface area contributed by atoms with Crippen LogP contribution in [0.25, 0.3) is 0 Å². The van der Waals surface area contributed by atoms with E-state index in [2.05, 4.69) is 0 Å². The van der Waals surface area contributed by atoms with Gasteiger partial charge < -0.3 is 4.90 Å². The number of hydrogen-bond donors (Lipinski definition) is 0. The summed E-state index contributed by atoms with van der Waals surface area (Å²) in [5, 5.41) is 0.783. The summed E-state index contributed by atoms with van der Waals surface area (Å²) in [6, 6.07) is 7.75. The fourth-order valence-corrected chi connectivity index (χ4v) is 0.865. The number of benzene rings is 1. The van der Waals surface area contributed by atoms with Gasteiger partial charge in [-0.15, -0.1) is 0 Å². The molecule has 0 saturated heterocycles. The van der Waals surface area contributed by atoms with Crippen LogP contribution in [0.5, 0.6) is 0 Å².